The van der Waals surface area contributed by atoms with Crippen molar-refractivity contribution in [2.45, 2.75) is 31.8 Å². The molecule has 0 bridgehead atoms. The summed E-state index contributed by atoms with van der Waals surface area (Å²) in [7, 11) is 0. The molecule has 2 aliphatic heterocycles. The quantitative estimate of drug-likeness (QED) is 0.743. The number of nitrogens with zero attached hydrogens (tertiary/aromatic N) is 4. The number of fused-ring (bicyclic) bond motifs is 1. The van der Waals surface area contributed by atoms with Gasteiger partial charge in [0.2, 0.25) is 5.91 Å². The van der Waals surface area contributed by atoms with Crippen LogP contribution in [0, 0.1) is 0 Å². The Balaban J connectivity index is 1.48. The Hall–Kier alpha value is -3.26. The van der Waals surface area contributed by atoms with Crippen LogP contribution in [0.1, 0.15) is 25.3 Å². The average Bonchev–Trinajstić information content (AvgIpc) is 3.21. The molecule has 2 unspecified atom stereocenters. The summed E-state index contributed by atoms with van der Waals surface area (Å²) in [5.74, 6) is -0.936. The van der Waals surface area contributed by atoms with Crippen molar-refractivity contribution in [2.75, 3.05) is 16.8 Å². The largest absolute Gasteiger partial charge is 0.324 e. The first-order valence-electron chi connectivity index (χ1n) is 9.56. The number of amides is 3. The molecule has 1 saturated heterocycles. The summed E-state index contributed by atoms with van der Waals surface area (Å²) in [6.45, 7) is 3.92. The summed E-state index contributed by atoms with van der Waals surface area (Å²) >= 11 is 5.93. The van der Waals surface area contributed by atoms with Crippen LogP contribution >= 0.6 is 11.6 Å². The normalized spacial score (nSPS) is 20.3. The molecule has 8 nitrogen and oxygen atoms in total. The Morgan fingerprint density at radius 2 is 1.87 bits per heavy atom. The third-order valence-electron chi connectivity index (χ3n) is 5.09. The highest BCUT2D eigenvalue weighted by Crippen LogP contribution is 2.32. The Kier molecular flexibility index (Phi) is 5.26. The van der Waals surface area contributed by atoms with Crippen LogP contribution in [-0.2, 0) is 14.4 Å². The number of nitrogens with one attached hydrogen (secondary N) is 1. The number of hydrogen-bond acceptors (Lipinski definition) is 6. The standard InChI is InChI=1S/C21H20ClN5O3/c1-12(2)13-6-8-16(9-7-13)27-20(29)18-19(21(27)30)26(25-24-18)11-17(28)23-15-5-3-4-14(22)10-15/h3-10,12,18-19H,11H2,1-2H3,(H,23,28). The molecule has 2 heterocycles. The molecule has 0 aliphatic carbocycles. The van der Waals surface area contributed by atoms with Crippen LogP contribution in [-0.4, -0.2) is 41.4 Å². The molecule has 0 radical (unpaired) electrons. The van der Waals surface area contributed by atoms with E-state index in [1.807, 2.05) is 12.1 Å². The fourth-order valence-electron chi connectivity index (χ4n) is 3.53. The van der Waals surface area contributed by atoms with Gasteiger partial charge in [0.25, 0.3) is 11.8 Å². The molecule has 2 atom stereocenters. The van der Waals surface area contributed by atoms with E-state index >= 15 is 0 Å². The third kappa shape index (κ3) is 3.66. The van der Waals surface area contributed by atoms with Gasteiger partial charge in [-0.25, -0.2) is 4.90 Å². The van der Waals surface area contributed by atoms with Crippen molar-refractivity contribution in [1.82, 2.24) is 5.01 Å². The molecule has 1 fully saturated rings. The van der Waals surface area contributed by atoms with E-state index in [0.29, 0.717) is 22.3 Å². The molecule has 2 aromatic rings. The number of halogens is 1. The van der Waals surface area contributed by atoms with Crippen molar-refractivity contribution >= 4 is 40.7 Å². The first-order valence-corrected chi connectivity index (χ1v) is 9.93. The smallest absolute Gasteiger partial charge is 0.263 e. The van der Waals surface area contributed by atoms with E-state index < -0.39 is 29.8 Å². The number of hydrogen-bond donors (Lipinski definition) is 1. The summed E-state index contributed by atoms with van der Waals surface area (Å²) in [5.41, 5.74) is 2.13. The minimum Gasteiger partial charge on any atom is -0.324 e. The molecule has 2 aliphatic rings. The highest BCUT2D eigenvalue weighted by atomic mass is 35.5. The van der Waals surface area contributed by atoms with Gasteiger partial charge in [0.1, 0.15) is 6.54 Å². The molecule has 1 N–H and O–H groups in total. The molecule has 4 rings (SSSR count). The van der Waals surface area contributed by atoms with Gasteiger partial charge in [-0.1, -0.05) is 48.9 Å². The summed E-state index contributed by atoms with van der Waals surface area (Å²) in [6.07, 6.45) is 0. The van der Waals surface area contributed by atoms with Crippen molar-refractivity contribution in [2.24, 2.45) is 10.3 Å². The van der Waals surface area contributed by atoms with Crippen molar-refractivity contribution in [3.8, 4) is 0 Å². The number of benzene rings is 2. The van der Waals surface area contributed by atoms with E-state index in [-0.39, 0.29) is 6.54 Å². The number of rotatable bonds is 5. The van der Waals surface area contributed by atoms with E-state index in [2.05, 4.69) is 29.5 Å². The Bertz CT molecular complexity index is 1040. The predicted octanol–water partition coefficient (Wildman–Crippen LogP) is 3.40. The highest BCUT2D eigenvalue weighted by molar-refractivity contribution is 6.31. The summed E-state index contributed by atoms with van der Waals surface area (Å²) in [5, 5.41) is 12.3. The topological polar surface area (TPSA) is 94.4 Å². The number of anilines is 2. The van der Waals surface area contributed by atoms with Gasteiger partial charge in [-0.05, 0) is 41.8 Å². The average molecular weight is 426 g/mol. The predicted molar refractivity (Wildman–Crippen MR) is 112 cm³/mol. The summed E-state index contributed by atoms with van der Waals surface area (Å²) < 4.78 is 0. The second-order valence-electron chi connectivity index (χ2n) is 7.51. The zero-order valence-electron chi connectivity index (χ0n) is 16.4. The zero-order chi connectivity index (χ0) is 21.4. The van der Waals surface area contributed by atoms with Crippen LogP contribution in [0.15, 0.2) is 58.9 Å². The van der Waals surface area contributed by atoms with Gasteiger partial charge in [0, 0.05) is 10.7 Å². The second-order valence-corrected chi connectivity index (χ2v) is 7.95. The first-order chi connectivity index (χ1) is 14.3. The lowest BCUT2D eigenvalue weighted by Crippen LogP contribution is -2.43. The van der Waals surface area contributed by atoms with E-state index in [9.17, 15) is 14.4 Å². The van der Waals surface area contributed by atoms with E-state index in [1.165, 1.54) is 5.01 Å². The third-order valence-corrected chi connectivity index (χ3v) is 5.32. The number of carbonyl (C=O) groups is 3. The molecule has 30 heavy (non-hydrogen) atoms. The minimum atomic E-state index is -0.943. The van der Waals surface area contributed by atoms with E-state index in [1.54, 1.807) is 36.4 Å². The van der Waals surface area contributed by atoms with Crippen LogP contribution < -0.4 is 10.2 Å². The molecule has 0 spiro atoms. The Labute approximate surface area is 178 Å². The van der Waals surface area contributed by atoms with Crippen LogP contribution in [0.25, 0.3) is 0 Å². The molecule has 154 valence electrons. The van der Waals surface area contributed by atoms with Crippen LogP contribution in [0.4, 0.5) is 11.4 Å². The highest BCUT2D eigenvalue weighted by Gasteiger charge is 2.55. The molecular weight excluding hydrogens is 406 g/mol. The molecule has 9 heteroatoms. The monoisotopic (exact) mass is 425 g/mol. The molecule has 0 aromatic heterocycles. The lowest BCUT2D eigenvalue weighted by atomic mass is 10.0. The van der Waals surface area contributed by atoms with Crippen LogP contribution in [0.2, 0.25) is 5.02 Å². The molecule has 0 saturated carbocycles. The number of imide groups is 1. The van der Waals surface area contributed by atoms with Crippen molar-refractivity contribution in [3.05, 3.63) is 59.1 Å². The zero-order valence-corrected chi connectivity index (χ0v) is 17.2. The first kappa shape index (κ1) is 20.0. The van der Waals surface area contributed by atoms with Gasteiger partial charge in [-0.3, -0.25) is 19.4 Å². The Morgan fingerprint density at radius 1 is 1.13 bits per heavy atom. The van der Waals surface area contributed by atoms with Gasteiger partial charge < -0.3 is 5.32 Å². The summed E-state index contributed by atoms with van der Waals surface area (Å²) in [6, 6.07) is 12.1. The lowest BCUT2D eigenvalue weighted by molar-refractivity contribution is -0.123. The maximum atomic E-state index is 13.0. The van der Waals surface area contributed by atoms with E-state index in [4.69, 9.17) is 11.6 Å². The lowest BCUT2D eigenvalue weighted by Gasteiger charge is -2.20. The molecule has 3 amide bonds. The minimum absolute atomic E-state index is 0.212. The van der Waals surface area contributed by atoms with Gasteiger partial charge in [0.15, 0.2) is 12.1 Å². The maximum Gasteiger partial charge on any atom is 0.263 e. The molecule has 2 aromatic carbocycles. The van der Waals surface area contributed by atoms with E-state index in [0.717, 1.165) is 10.5 Å². The number of carbonyl (C=O) groups excluding carboxylic acids is 3. The van der Waals surface area contributed by atoms with Gasteiger partial charge in [-0.15, -0.1) is 0 Å². The Morgan fingerprint density at radius 3 is 2.53 bits per heavy atom. The second kappa shape index (κ2) is 7.87. The fourth-order valence-corrected chi connectivity index (χ4v) is 3.72. The van der Waals surface area contributed by atoms with Gasteiger partial charge >= 0.3 is 0 Å². The summed E-state index contributed by atoms with van der Waals surface area (Å²) in [4.78, 5) is 39.3. The van der Waals surface area contributed by atoms with Gasteiger partial charge in [-0.2, -0.15) is 5.11 Å². The maximum absolute atomic E-state index is 13.0. The molecular formula is C21H20ClN5O3. The fraction of sp³-hybridized carbons (Fsp3) is 0.286. The van der Waals surface area contributed by atoms with Crippen molar-refractivity contribution < 1.29 is 14.4 Å². The van der Waals surface area contributed by atoms with Crippen LogP contribution in [0.3, 0.4) is 0 Å². The van der Waals surface area contributed by atoms with Crippen LogP contribution in [0.5, 0.6) is 0 Å². The van der Waals surface area contributed by atoms with Crippen molar-refractivity contribution in [1.29, 1.82) is 0 Å². The van der Waals surface area contributed by atoms with Crippen molar-refractivity contribution in [3.63, 3.8) is 0 Å². The SMILES string of the molecule is CC(C)c1ccc(N2C(=O)C3N=NN(CC(=O)Nc4cccc(Cl)c4)C3C2=O)cc1. The van der Waals surface area contributed by atoms with Gasteiger partial charge in [0.05, 0.1) is 5.69 Å².